The van der Waals surface area contributed by atoms with Crippen molar-refractivity contribution in [3.8, 4) is 0 Å². The van der Waals surface area contributed by atoms with Gasteiger partial charge in [0.05, 0.1) is 5.92 Å². The number of anilines is 1. The lowest BCUT2D eigenvalue weighted by Gasteiger charge is -2.20. The van der Waals surface area contributed by atoms with Crippen molar-refractivity contribution in [1.82, 2.24) is 5.32 Å². The fourth-order valence-corrected chi connectivity index (χ4v) is 2.69. The fraction of sp³-hybridized carbons (Fsp3) is 0.529. The van der Waals surface area contributed by atoms with Crippen LogP contribution < -0.4 is 10.2 Å². The van der Waals surface area contributed by atoms with Gasteiger partial charge in [0.1, 0.15) is 0 Å². The van der Waals surface area contributed by atoms with Crippen molar-refractivity contribution >= 4 is 17.5 Å². The summed E-state index contributed by atoms with van der Waals surface area (Å²) in [6.45, 7) is 8.53. The number of nitrogens with one attached hydrogen (secondary N) is 1. The molecule has 4 nitrogen and oxygen atoms in total. The number of nitrogens with zero attached hydrogens (tertiary/aromatic N) is 1. The zero-order valence-electron chi connectivity index (χ0n) is 13.3. The SMILES string of the molecule is CC[C@@H](C)NC(=O)[C@@H]1CC(=O)N(c2ccc(C)cc2C)C1. The molecule has 0 unspecified atom stereocenters. The van der Waals surface area contributed by atoms with Gasteiger partial charge in [-0.1, -0.05) is 24.6 Å². The van der Waals surface area contributed by atoms with Crippen LogP contribution in [0.5, 0.6) is 0 Å². The first-order valence-corrected chi connectivity index (χ1v) is 7.60. The van der Waals surface area contributed by atoms with Crippen molar-refractivity contribution in [2.75, 3.05) is 11.4 Å². The van der Waals surface area contributed by atoms with Crippen LogP contribution in [0.2, 0.25) is 0 Å². The molecule has 114 valence electrons. The summed E-state index contributed by atoms with van der Waals surface area (Å²) in [4.78, 5) is 26.2. The number of aryl methyl sites for hydroxylation is 2. The molecule has 4 heteroatoms. The highest BCUT2D eigenvalue weighted by Gasteiger charge is 2.35. The van der Waals surface area contributed by atoms with E-state index in [1.165, 1.54) is 5.56 Å². The maximum atomic E-state index is 12.2. The molecule has 1 aliphatic rings. The lowest BCUT2D eigenvalue weighted by atomic mass is 10.1. The van der Waals surface area contributed by atoms with Crippen LogP contribution in [0, 0.1) is 19.8 Å². The highest BCUT2D eigenvalue weighted by atomic mass is 16.2. The van der Waals surface area contributed by atoms with Crippen molar-refractivity contribution in [2.45, 2.75) is 46.6 Å². The van der Waals surface area contributed by atoms with Gasteiger partial charge in [-0.3, -0.25) is 9.59 Å². The monoisotopic (exact) mass is 288 g/mol. The third-order valence-corrected chi connectivity index (χ3v) is 4.14. The average Bonchev–Trinajstić information content (AvgIpc) is 2.80. The zero-order valence-corrected chi connectivity index (χ0v) is 13.3. The van der Waals surface area contributed by atoms with Crippen molar-refractivity contribution in [3.05, 3.63) is 29.3 Å². The van der Waals surface area contributed by atoms with Gasteiger partial charge in [0.15, 0.2) is 0 Å². The zero-order chi connectivity index (χ0) is 15.6. The van der Waals surface area contributed by atoms with Gasteiger partial charge in [-0.2, -0.15) is 0 Å². The summed E-state index contributed by atoms with van der Waals surface area (Å²) in [5.74, 6) is -0.219. The Hall–Kier alpha value is -1.84. The molecule has 0 spiro atoms. The average molecular weight is 288 g/mol. The van der Waals surface area contributed by atoms with Gasteiger partial charge in [-0.15, -0.1) is 0 Å². The molecule has 2 atom stereocenters. The van der Waals surface area contributed by atoms with Crippen LogP contribution in [0.25, 0.3) is 0 Å². The molecule has 2 amide bonds. The van der Waals surface area contributed by atoms with Gasteiger partial charge in [0.25, 0.3) is 0 Å². The van der Waals surface area contributed by atoms with E-state index in [0.29, 0.717) is 13.0 Å². The van der Waals surface area contributed by atoms with Crippen LogP contribution in [0.15, 0.2) is 18.2 Å². The predicted molar refractivity (Wildman–Crippen MR) is 84.3 cm³/mol. The van der Waals surface area contributed by atoms with Gasteiger partial charge in [0.2, 0.25) is 11.8 Å². The second-order valence-corrected chi connectivity index (χ2v) is 6.01. The van der Waals surface area contributed by atoms with Crippen molar-refractivity contribution in [1.29, 1.82) is 0 Å². The minimum atomic E-state index is -0.243. The molecule has 1 N–H and O–H groups in total. The van der Waals surface area contributed by atoms with Crippen molar-refractivity contribution < 1.29 is 9.59 Å². The molecule has 0 aliphatic carbocycles. The fourth-order valence-electron chi connectivity index (χ4n) is 2.69. The van der Waals surface area contributed by atoms with E-state index in [2.05, 4.69) is 11.4 Å². The van der Waals surface area contributed by atoms with Crippen LogP contribution in [0.1, 0.15) is 37.8 Å². The molecule has 1 aromatic rings. The molecule has 1 saturated heterocycles. The van der Waals surface area contributed by atoms with Gasteiger partial charge in [-0.05, 0) is 38.8 Å². The Bertz CT molecular complexity index is 554. The van der Waals surface area contributed by atoms with Gasteiger partial charge < -0.3 is 10.2 Å². The third kappa shape index (κ3) is 3.43. The molecule has 1 aromatic carbocycles. The second-order valence-electron chi connectivity index (χ2n) is 6.01. The van der Waals surface area contributed by atoms with Crippen LogP contribution in [-0.2, 0) is 9.59 Å². The number of rotatable bonds is 4. The first-order valence-electron chi connectivity index (χ1n) is 7.60. The van der Waals surface area contributed by atoms with Crippen molar-refractivity contribution in [3.63, 3.8) is 0 Å². The Morgan fingerprint density at radius 1 is 1.43 bits per heavy atom. The summed E-state index contributed by atoms with van der Waals surface area (Å²) in [6, 6.07) is 6.19. The van der Waals surface area contributed by atoms with E-state index >= 15 is 0 Å². The topological polar surface area (TPSA) is 49.4 Å². The van der Waals surface area contributed by atoms with E-state index in [4.69, 9.17) is 0 Å². The maximum absolute atomic E-state index is 12.2. The maximum Gasteiger partial charge on any atom is 0.227 e. The molecule has 0 saturated carbocycles. The summed E-state index contributed by atoms with van der Waals surface area (Å²) in [5, 5.41) is 2.97. The molecule has 0 radical (unpaired) electrons. The van der Waals surface area contributed by atoms with Gasteiger partial charge in [-0.25, -0.2) is 0 Å². The van der Waals surface area contributed by atoms with E-state index in [-0.39, 0.29) is 23.8 Å². The number of benzene rings is 1. The smallest absolute Gasteiger partial charge is 0.227 e. The van der Waals surface area contributed by atoms with Crippen LogP contribution in [-0.4, -0.2) is 24.4 Å². The molecular formula is C17H24N2O2. The molecule has 1 heterocycles. The molecule has 2 rings (SSSR count). The summed E-state index contributed by atoms with van der Waals surface area (Å²) < 4.78 is 0. The minimum Gasteiger partial charge on any atom is -0.353 e. The summed E-state index contributed by atoms with van der Waals surface area (Å²) in [5.41, 5.74) is 3.17. The first-order chi connectivity index (χ1) is 9.92. The predicted octanol–water partition coefficient (Wildman–Crippen LogP) is 2.57. The molecular weight excluding hydrogens is 264 g/mol. The van der Waals surface area contributed by atoms with Gasteiger partial charge in [0, 0.05) is 24.7 Å². The third-order valence-electron chi connectivity index (χ3n) is 4.14. The van der Waals surface area contributed by atoms with E-state index in [9.17, 15) is 9.59 Å². The standard InChI is InChI=1S/C17H24N2O2/c1-5-13(4)18-17(21)14-9-16(20)19(10-14)15-7-6-11(2)8-12(15)3/h6-8,13-14H,5,9-10H2,1-4H3,(H,18,21)/t13-,14-/m1/s1. The van der Waals surface area contributed by atoms with E-state index in [1.54, 1.807) is 4.90 Å². The van der Waals surface area contributed by atoms with Crippen LogP contribution in [0.4, 0.5) is 5.69 Å². The molecule has 1 aliphatic heterocycles. The quantitative estimate of drug-likeness (QED) is 0.925. The number of amides is 2. The number of hydrogen-bond donors (Lipinski definition) is 1. The molecule has 0 bridgehead atoms. The van der Waals surface area contributed by atoms with Crippen LogP contribution >= 0.6 is 0 Å². The Morgan fingerprint density at radius 3 is 2.76 bits per heavy atom. The Kier molecular flexibility index (Phi) is 4.66. The molecule has 0 aromatic heterocycles. The Morgan fingerprint density at radius 2 is 2.14 bits per heavy atom. The minimum absolute atomic E-state index is 0.00929. The van der Waals surface area contributed by atoms with Crippen LogP contribution in [0.3, 0.4) is 0 Å². The van der Waals surface area contributed by atoms with Crippen molar-refractivity contribution in [2.24, 2.45) is 5.92 Å². The van der Waals surface area contributed by atoms with Gasteiger partial charge >= 0.3 is 0 Å². The summed E-state index contributed by atoms with van der Waals surface area (Å²) >= 11 is 0. The highest BCUT2D eigenvalue weighted by Crippen LogP contribution is 2.28. The van der Waals surface area contributed by atoms with E-state index < -0.39 is 0 Å². The lowest BCUT2D eigenvalue weighted by molar-refractivity contribution is -0.126. The van der Waals surface area contributed by atoms with E-state index in [1.807, 2.05) is 39.8 Å². The summed E-state index contributed by atoms with van der Waals surface area (Å²) in [7, 11) is 0. The highest BCUT2D eigenvalue weighted by molar-refractivity contribution is 6.00. The molecule has 1 fully saturated rings. The normalized spacial score (nSPS) is 19.7. The largest absolute Gasteiger partial charge is 0.353 e. The lowest BCUT2D eigenvalue weighted by Crippen LogP contribution is -2.38. The summed E-state index contributed by atoms with van der Waals surface area (Å²) in [6.07, 6.45) is 1.20. The second kappa shape index (κ2) is 6.29. The van der Waals surface area contributed by atoms with E-state index in [0.717, 1.165) is 17.7 Å². The number of carbonyl (C=O) groups is 2. The Labute approximate surface area is 126 Å². The first kappa shape index (κ1) is 15.5. The Balaban J connectivity index is 2.11. The molecule has 21 heavy (non-hydrogen) atoms. The number of carbonyl (C=O) groups excluding carboxylic acids is 2. The number of hydrogen-bond acceptors (Lipinski definition) is 2.